The molecule has 0 N–H and O–H groups in total. The van der Waals surface area contributed by atoms with Gasteiger partial charge in [-0.25, -0.2) is 4.98 Å². The molecule has 5 heteroatoms. The Morgan fingerprint density at radius 2 is 2.05 bits per heavy atom. The summed E-state index contributed by atoms with van der Waals surface area (Å²) in [4.78, 5) is 17.8. The molecule has 0 atom stereocenters. The van der Waals surface area contributed by atoms with Crippen molar-refractivity contribution in [3.63, 3.8) is 0 Å². The molecule has 0 aliphatic heterocycles. The van der Waals surface area contributed by atoms with Crippen molar-refractivity contribution in [3.05, 3.63) is 70.3 Å². The third-order valence-electron chi connectivity index (χ3n) is 3.38. The van der Waals surface area contributed by atoms with E-state index < -0.39 is 0 Å². The van der Waals surface area contributed by atoms with Crippen LogP contribution < -0.4 is 10.3 Å². The predicted molar refractivity (Wildman–Crippen MR) is 88.8 cm³/mol. The Balaban J connectivity index is 1.91. The van der Waals surface area contributed by atoms with Crippen molar-refractivity contribution < 1.29 is 4.74 Å². The number of hydrogen-bond acceptors (Lipinski definition) is 4. The molecule has 4 nitrogen and oxygen atoms in total. The number of para-hydroxylation sites is 1. The zero-order chi connectivity index (χ0) is 15.5. The first-order valence-electron chi connectivity index (χ1n) is 6.93. The first-order chi connectivity index (χ1) is 10.7. The van der Waals surface area contributed by atoms with E-state index in [0.29, 0.717) is 11.4 Å². The molecule has 2 aromatic heterocycles. The van der Waals surface area contributed by atoms with Crippen molar-refractivity contribution in [2.24, 2.45) is 0 Å². The summed E-state index contributed by atoms with van der Waals surface area (Å²) in [5.41, 5.74) is 2.42. The Hall–Kier alpha value is -2.27. The highest BCUT2D eigenvalue weighted by molar-refractivity contribution is 7.98. The van der Waals surface area contributed by atoms with Gasteiger partial charge in [-0.2, -0.15) is 0 Å². The van der Waals surface area contributed by atoms with E-state index in [1.54, 1.807) is 35.5 Å². The van der Waals surface area contributed by atoms with E-state index in [9.17, 15) is 4.79 Å². The predicted octanol–water partition coefficient (Wildman–Crippen LogP) is 3.30. The van der Waals surface area contributed by atoms with Crippen LogP contribution in [-0.4, -0.2) is 16.5 Å². The molecule has 0 saturated carbocycles. The molecule has 0 amide bonds. The van der Waals surface area contributed by atoms with Crippen LogP contribution >= 0.6 is 11.8 Å². The maximum atomic E-state index is 12.2. The van der Waals surface area contributed by atoms with Crippen LogP contribution in [0.5, 0.6) is 5.75 Å². The average Bonchev–Trinajstić information content (AvgIpc) is 2.54. The lowest BCUT2D eigenvalue weighted by molar-refractivity contribution is 0.405. The van der Waals surface area contributed by atoms with Crippen LogP contribution in [0.3, 0.4) is 0 Å². The maximum Gasteiger partial charge on any atom is 0.258 e. The van der Waals surface area contributed by atoms with Gasteiger partial charge in [0.15, 0.2) is 0 Å². The SMILES string of the molecule is COc1ccccc1SCc1cc(=O)n2cccc(C)c2n1. The van der Waals surface area contributed by atoms with E-state index >= 15 is 0 Å². The van der Waals surface area contributed by atoms with Crippen LogP contribution in [0.25, 0.3) is 5.65 Å². The molecule has 0 aliphatic carbocycles. The van der Waals surface area contributed by atoms with Crippen LogP contribution in [0.15, 0.2) is 58.4 Å². The molecule has 0 saturated heterocycles. The number of benzene rings is 1. The zero-order valence-corrected chi connectivity index (χ0v) is 13.3. The molecule has 0 spiro atoms. The summed E-state index contributed by atoms with van der Waals surface area (Å²) in [6, 6.07) is 13.2. The lowest BCUT2D eigenvalue weighted by atomic mass is 10.3. The summed E-state index contributed by atoms with van der Waals surface area (Å²) in [5, 5.41) is 0. The van der Waals surface area contributed by atoms with Crippen molar-refractivity contribution in [1.29, 1.82) is 0 Å². The van der Waals surface area contributed by atoms with Gasteiger partial charge < -0.3 is 4.74 Å². The smallest absolute Gasteiger partial charge is 0.258 e. The molecule has 0 unspecified atom stereocenters. The highest BCUT2D eigenvalue weighted by Crippen LogP contribution is 2.30. The molecule has 0 fully saturated rings. The summed E-state index contributed by atoms with van der Waals surface area (Å²) < 4.78 is 6.92. The third kappa shape index (κ3) is 2.85. The van der Waals surface area contributed by atoms with Gasteiger partial charge in [-0.3, -0.25) is 9.20 Å². The molecular weight excluding hydrogens is 296 g/mol. The van der Waals surface area contributed by atoms with Crippen LogP contribution in [0.4, 0.5) is 0 Å². The molecule has 0 radical (unpaired) electrons. The fourth-order valence-electron chi connectivity index (χ4n) is 2.27. The van der Waals surface area contributed by atoms with Gasteiger partial charge in [0.1, 0.15) is 11.4 Å². The van der Waals surface area contributed by atoms with E-state index in [1.165, 1.54) is 0 Å². The van der Waals surface area contributed by atoms with E-state index in [0.717, 1.165) is 21.9 Å². The summed E-state index contributed by atoms with van der Waals surface area (Å²) in [6.07, 6.45) is 1.74. The Labute approximate surface area is 132 Å². The minimum Gasteiger partial charge on any atom is -0.496 e. The molecule has 22 heavy (non-hydrogen) atoms. The van der Waals surface area contributed by atoms with Crippen molar-refractivity contribution in [2.75, 3.05) is 7.11 Å². The van der Waals surface area contributed by atoms with Gasteiger partial charge in [0.05, 0.1) is 12.8 Å². The molecule has 3 aromatic rings. The van der Waals surface area contributed by atoms with Crippen molar-refractivity contribution in [1.82, 2.24) is 9.38 Å². The Morgan fingerprint density at radius 3 is 2.86 bits per heavy atom. The first kappa shape index (κ1) is 14.7. The second-order valence-corrected chi connectivity index (χ2v) is 5.93. The van der Waals surface area contributed by atoms with E-state index in [-0.39, 0.29) is 5.56 Å². The Bertz CT molecular complexity index is 874. The number of pyridine rings is 1. The monoisotopic (exact) mass is 312 g/mol. The minimum absolute atomic E-state index is 0.0515. The molecular formula is C17H16N2O2S. The minimum atomic E-state index is -0.0515. The number of hydrogen-bond donors (Lipinski definition) is 0. The second kappa shape index (κ2) is 6.23. The van der Waals surface area contributed by atoms with Gasteiger partial charge in [0.2, 0.25) is 0 Å². The number of fused-ring (bicyclic) bond motifs is 1. The largest absolute Gasteiger partial charge is 0.496 e. The van der Waals surface area contributed by atoms with Gasteiger partial charge in [-0.05, 0) is 30.7 Å². The average molecular weight is 312 g/mol. The number of rotatable bonds is 4. The highest BCUT2D eigenvalue weighted by atomic mass is 32.2. The van der Waals surface area contributed by atoms with Crippen molar-refractivity contribution >= 4 is 17.4 Å². The fraction of sp³-hybridized carbons (Fsp3) is 0.176. The van der Waals surface area contributed by atoms with E-state index in [2.05, 4.69) is 4.98 Å². The quantitative estimate of drug-likeness (QED) is 0.693. The Kier molecular flexibility index (Phi) is 4.15. The van der Waals surface area contributed by atoms with E-state index in [1.807, 2.05) is 43.3 Å². The highest BCUT2D eigenvalue weighted by Gasteiger charge is 2.07. The molecule has 2 heterocycles. The van der Waals surface area contributed by atoms with E-state index in [4.69, 9.17) is 4.74 Å². The number of aromatic nitrogens is 2. The summed E-state index contributed by atoms with van der Waals surface area (Å²) in [6.45, 7) is 1.96. The van der Waals surface area contributed by atoms with Crippen LogP contribution in [0, 0.1) is 6.92 Å². The topological polar surface area (TPSA) is 43.6 Å². The summed E-state index contributed by atoms with van der Waals surface area (Å²) >= 11 is 1.61. The summed E-state index contributed by atoms with van der Waals surface area (Å²) in [7, 11) is 1.66. The van der Waals surface area contributed by atoms with Gasteiger partial charge in [-0.1, -0.05) is 18.2 Å². The normalized spacial score (nSPS) is 10.8. The molecule has 112 valence electrons. The summed E-state index contributed by atoms with van der Waals surface area (Å²) in [5.74, 6) is 1.46. The lowest BCUT2D eigenvalue weighted by Crippen LogP contribution is -2.15. The maximum absolute atomic E-state index is 12.2. The van der Waals surface area contributed by atoms with Gasteiger partial charge in [-0.15, -0.1) is 11.8 Å². The zero-order valence-electron chi connectivity index (χ0n) is 12.4. The number of thioether (sulfide) groups is 1. The molecule has 3 rings (SSSR count). The first-order valence-corrected chi connectivity index (χ1v) is 7.91. The second-order valence-electron chi connectivity index (χ2n) is 4.91. The lowest BCUT2D eigenvalue weighted by Gasteiger charge is -2.08. The number of aryl methyl sites for hydroxylation is 1. The Morgan fingerprint density at radius 1 is 1.23 bits per heavy atom. The number of ether oxygens (including phenoxy) is 1. The molecule has 1 aromatic carbocycles. The van der Waals surface area contributed by atoms with Gasteiger partial charge >= 0.3 is 0 Å². The van der Waals surface area contributed by atoms with Crippen LogP contribution in [-0.2, 0) is 5.75 Å². The molecule has 0 bridgehead atoms. The number of methoxy groups -OCH3 is 1. The third-order valence-corrected chi connectivity index (χ3v) is 4.47. The molecule has 0 aliphatic rings. The van der Waals surface area contributed by atoms with Crippen LogP contribution in [0.2, 0.25) is 0 Å². The fourth-order valence-corrected chi connectivity index (χ4v) is 3.19. The standard InChI is InChI=1S/C17H16N2O2S/c1-12-6-5-9-19-16(20)10-13(18-17(12)19)11-22-15-8-4-3-7-14(15)21-2/h3-10H,11H2,1-2H3. The van der Waals surface area contributed by atoms with Crippen LogP contribution in [0.1, 0.15) is 11.3 Å². The van der Waals surface area contributed by atoms with Gasteiger partial charge in [0, 0.05) is 22.9 Å². The number of nitrogens with zero attached hydrogens (tertiary/aromatic N) is 2. The van der Waals surface area contributed by atoms with Gasteiger partial charge in [0.25, 0.3) is 5.56 Å². The van der Waals surface area contributed by atoms with Crippen molar-refractivity contribution in [2.45, 2.75) is 17.6 Å². The van der Waals surface area contributed by atoms with Crippen molar-refractivity contribution in [3.8, 4) is 5.75 Å².